The molecule has 0 aliphatic carbocycles. The smallest absolute Gasteiger partial charge is 0.258 e. The number of nitrogens with one attached hydrogen (secondary N) is 1. The van der Waals surface area contributed by atoms with Crippen LogP contribution in [0.15, 0.2) is 34.1 Å². The van der Waals surface area contributed by atoms with Crippen LogP contribution in [0.25, 0.3) is 0 Å². The summed E-state index contributed by atoms with van der Waals surface area (Å²) >= 11 is 3.34. The zero-order chi connectivity index (χ0) is 15.2. The molecule has 2 N–H and O–H groups in total. The number of benzene rings is 1. The van der Waals surface area contributed by atoms with E-state index in [0.29, 0.717) is 27.5 Å². The second-order valence-electron chi connectivity index (χ2n) is 3.80. The lowest BCUT2D eigenvalue weighted by atomic mass is 10.2. The lowest BCUT2D eigenvalue weighted by Crippen LogP contribution is -1.99. The van der Waals surface area contributed by atoms with Gasteiger partial charge >= 0.3 is 0 Å². The number of halogens is 1. The largest absolute Gasteiger partial charge is 0.504 e. The molecule has 0 amide bonds. The standard InChI is InChI=1S/C13H13BrN4O3/c1-20-10-4-3-9(14)8(11(10)19)7-17-18-12-13(21-2)16-6-5-15-12/h3-7,19H,1-2H3,(H,15,18)/b17-7+. The molecule has 0 atom stereocenters. The average molecular weight is 353 g/mol. The number of hydrazone groups is 1. The Morgan fingerprint density at radius 2 is 2.00 bits per heavy atom. The van der Waals surface area contributed by atoms with Crippen molar-refractivity contribution < 1.29 is 14.6 Å². The Hall–Kier alpha value is -2.35. The summed E-state index contributed by atoms with van der Waals surface area (Å²) in [5, 5.41) is 14.1. The predicted molar refractivity (Wildman–Crippen MR) is 82.2 cm³/mol. The van der Waals surface area contributed by atoms with Crippen molar-refractivity contribution in [1.82, 2.24) is 9.97 Å². The molecule has 0 saturated carbocycles. The maximum absolute atomic E-state index is 10.0. The van der Waals surface area contributed by atoms with Crippen molar-refractivity contribution >= 4 is 28.0 Å². The number of ether oxygens (including phenoxy) is 2. The first kappa shape index (κ1) is 15.0. The summed E-state index contributed by atoms with van der Waals surface area (Å²) < 4.78 is 10.8. The van der Waals surface area contributed by atoms with Gasteiger partial charge in [0.2, 0.25) is 5.82 Å². The first-order chi connectivity index (χ1) is 10.2. The number of methoxy groups -OCH3 is 2. The number of aromatic nitrogens is 2. The van der Waals surface area contributed by atoms with E-state index in [1.807, 2.05) is 0 Å². The van der Waals surface area contributed by atoms with Gasteiger partial charge in [-0.1, -0.05) is 0 Å². The third kappa shape index (κ3) is 3.40. The van der Waals surface area contributed by atoms with Crippen LogP contribution in [0.5, 0.6) is 17.4 Å². The van der Waals surface area contributed by atoms with Gasteiger partial charge in [0, 0.05) is 16.9 Å². The van der Waals surface area contributed by atoms with E-state index in [-0.39, 0.29) is 5.75 Å². The van der Waals surface area contributed by atoms with E-state index >= 15 is 0 Å². The normalized spacial score (nSPS) is 10.6. The number of anilines is 1. The molecule has 0 saturated heterocycles. The number of rotatable bonds is 5. The Bertz CT molecular complexity index is 664. The molecule has 0 spiro atoms. The van der Waals surface area contributed by atoms with Crippen LogP contribution < -0.4 is 14.9 Å². The van der Waals surface area contributed by atoms with Crippen molar-refractivity contribution in [2.24, 2.45) is 5.10 Å². The second-order valence-corrected chi connectivity index (χ2v) is 4.65. The molecule has 1 aromatic carbocycles. The van der Waals surface area contributed by atoms with Crippen LogP contribution in [0.3, 0.4) is 0 Å². The fraction of sp³-hybridized carbons (Fsp3) is 0.154. The van der Waals surface area contributed by atoms with Gasteiger partial charge in [-0.2, -0.15) is 5.10 Å². The molecule has 0 fully saturated rings. The van der Waals surface area contributed by atoms with Crippen molar-refractivity contribution in [2.75, 3.05) is 19.6 Å². The van der Waals surface area contributed by atoms with Crippen LogP contribution >= 0.6 is 15.9 Å². The Balaban J connectivity index is 2.22. The first-order valence-corrected chi connectivity index (χ1v) is 6.66. The van der Waals surface area contributed by atoms with Crippen molar-refractivity contribution in [3.8, 4) is 17.4 Å². The van der Waals surface area contributed by atoms with Crippen LogP contribution in [-0.4, -0.2) is 35.5 Å². The molecule has 0 radical (unpaired) electrons. The van der Waals surface area contributed by atoms with Gasteiger partial charge in [0.05, 0.1) is 26.0 Å². The van der Waals surface area contributed by atoms with Gasteiger partial charge in [0.1, 0.15) is 0 Å². The van der Waals surface area contributed by atoms with E-state index in [9.17, 15) is 5.11 Å². The molecule has 0 bridgehead atoms. The Morgan fingerprint density at radius 3 is 2.71 bits per heavy atom. The third-order valence-corrected chi connectivity index (χ3v) is 3.26. The van der Waals surface area contributed by atoms with Gasteiger partial charge in [0.15, 0.2) is 11.5 Å². The van der Waals surface area contributed by atoms with E-state index in [1.54, 1.807) is 12.1 Å². The summed E-state index contributed by atoms with van der Waals surface area (Å²) in [4.78, 5) is 8.03. The summed E-state index contributed by atoms with van der Waals surface area (Å²) in [5.41, 5.74) is 3.18. The quantitative estimate of drug-likeness (QED) is 0.634. The topological polar surface area (TPSA) is 88.9 Å². The Labute approximate surface area is 129 Å². The average Bonchev–Trinajstić information content (AvgIpc) is 2.51. The molecule has 110 valence electrons. The molecule has 8 heteroatoms. The molecule has 0 aliphatic rings. The third-order valence-electron chi connectivity index (χ3n) is 2.57. The number of phenolic OH excluding ortho intramolecular Hbond substituents is 1. The highest BCUT2D eigenvalue weighted by Crippen LogP contribution is 2.33. The maximum Gasteiger partial charge on any atom is 0.258 e. The van der Waals surface area contributed by atoms with Crippen LogP contribution in [0.4, 0.5) is 5.82 Å². The highest BCUT2D eigenvalue weighted by atomic mass is 79.9. The van der Waals surface area contributed by atoms with Gasteiger partial charge in [0.25, 0.3) is 5.88 Å². The van der Waals surface area contributed by atoms with Crippen molar-refractivity contribution in [1.29, 1.82) is 0 Å². The SMILES string of the molecule is COc1ccc(Br)c(/C=N/Nc2nccnc2OC)c1O. The summed E-state index contributed by atoms with van der Waals surface area (Å²) in [6.45, 7) is 0. The number of hydrogen-bond donors (Lipinski definition) is 2. The fourth-order valence-electron chi connectivity index (χ4n) is 1.56. The van der Waals surface area contributed by atoms with Gasteiger partial charge in [-0.3, -0.25) is 5.43 Å². The Morgan fingerprint density at radius 1 is 1.24 bits per heavy atom. The van der Waals surface area contributed by atoms with E-state index in [4.69, 9.17) is 9.47 Å². The minimum absolute atomic E-state index is 0.0106. The lowest BCUT2D eigenvalue weighted by Gasteiger charge is -2.08. The van der Waals surface area contributed by atoms with E-state index < -0.39 is 0 Å². The predicted octanol–water partition coefficient (Wildman–Crippen LogP) is 2.41. The maximum atomic E-state index is 10.0. The molecule has 21 heavy (non-hydrogen) atoms. The molecular weight excluding hydrogens is 340 g/mol. The second kappa shape index (κ2) is 6.89. The monoisotopic (exact) mass is 352 g/mol. The van der Waals surface area contributed by atoms with Crippen molar-refractivity contribution in [3.05, 3.63) is 34.6 Å². The summed E-state index contributed by atoms with van der Waals surface area (Å²) in [7, 11) is 2.97. The summed E-state index contributed by atoms with van der Waals surface area (Å²) in [6, 6.07) is 3.40. The lowest BCUT2D eigenvalue weighted by molar-refractivity contribution is 0.373. The number of aromatic hydroxyl groups is 1. The fourth-order valence-corrected chi connectivity index (χ4v) is 1.98. The number of nitrogens with zero attached hydrogens (tertiary/aromatic N) is 3. The molecular formula is C13H13BrN4O3. The van der Waals surface area contributed by atoms with Crippen molar-refractivity contribution in [2.45, 2.75) is 0 Å². The first-order valence-electron chi connectivity index (χ1n) is 5.87. The summed E-state index contributed by atoms with van der Waals surface area (Å²) in [6.07, 6.45) is 4.47. The van der Waals surface area contributed by atoms with Crippen LogP contribution in [0.2, 0.25) is 0 Å². The minimum Gasteiger partial charge on any atom is -0.504 e. The number of phenols is 1. The van der Waals surface area contributed by atoms with E-state index in [1.165, 1.54) is 32.8 Å². The molecule has 2 aromatic rings. The van der Waals surface area contributed by atoms with Crippen LogP contribution in [-0.2, 0) is 0 Å². The van der Waals surface area contributed by atoms with Crippen LogP contribution in [0, 0.1) is 0 Å². The molecule has 2 rings (SSSR count). The minimum atomic E-state index is -0.0106. The van der Waals surface area contributed by atoms with Gasteiger partial charge in [-0.05, 0) is 28.1 Å². The highest BCUT2D eigenvalue weighted by molar-refractivity contribution is 9.10. The molecule has 1 aromatic heterocycles. The molecule has 0 unspecified atom stereocenters. The highest BCUT2D eigenvalue weighted by Gasteiger charge is 2.10. The van der Waals surface area contributed by atoms with E-state index in [2.05, 4.69) is 36.4 Å². The summed E-state index contributed by atoms with van der Waals surface area (Å²) in [5.74, 6) is 1.04. The molecule has 1 heterocycles. The van der Waals surface area contributed by atoms with E-state index in [0.717, 1.165) is 0 Å². The zero-order valence-electron chi connectivity index (χ0n) is 11.4. The molecule has 0 aliphatic heterocycles. The van der Waals surface area contributed by atoms with Gasteiger partial charge < -0.3 is 14.6 Å². The van der Waals surface area contributed by atoms with Gasteiger partial charge in [-0.25, -0.2) is 9.97 Å². The van der Waals surface area contributed by atoms with Crippen molar-refractivity contribution in [3.63, 3.8) is 0 Å². The van der Waals surface area contributed by atoms with Gasteiger partial charge in [-0.15, -0.1) is 0 Å². The Kier molecular flexibility index (Phi) is 4.94. The van der Waals surface area contributed by atoms with Crippen LogP contribution in [0.1, 0.15) is 5.56 Å². The molecule has 7 nitrogen and oxygen atoms in total. The number of hydrogen-bond acceptors (Lipinski definition) is 7. The zero-order valence-corrected chi connectivity index (χ0v) is 13.0.